The van der Waals surface area contributed by atoms with Crippen LogP contribution in [0.25, 0.3) is 11.1 Å². The number of halogens is 1. The lowest BCUT2D eigenvalue weighted by Gasteiger charge is -2.34. The number of benzene rings is 2. The van der Waals surface area contributed by atoms with Crippen LogP contribution in [0, 0.1) is 0 Å². The number of β-amino-alcohol motifs (C(OH)–C–C–N with tert-alkyl or cyclic N) is 1. The number of hydrogen-bond acceptors (Lipinski definition) is 4. The van der Waals surface area contributed by atoms with E-state index < -0.39 is 5.60 Å². The fourth-order valence-electron chi connectivity index (χ4n) is 3.65. The molecular weight excluding hydrogens is 412 g/mol. The molecular formula is C24H33ClN4O2. The van der Waals surface area contributed by atoms with Crippen LogP contribution in [0.5, 0.6) is 0 Å². The van der Waals surface area contributed by atoms with Crippen LogP contribution in [-0.2, 0) is 11.3 Å². The minimum atomic E-state index is -0.866. The van der Waals surface area contributed by atoms with Crippen LogP contribution in [0.1, 0.15) is 19.4 Å². The maximum Gasteiger partial charge on any atom is 0.191 e. The Balaban J connectivity index is 1.65. The first-order chi connectivity index (χ1) is 15.0. The average molecular weight is 445 g/mol. The van der Waals surface area contributed by atoms with Gasteiger partial charge >= 0.3 is 0 Å². The Hall–Kier alpha value is -2.12. The van der Waals surface area contributed by atoms with E-state index in [-0.39, 0.29) is 0 Å². The third-order valence-electron chi connectivity index (χ3n) is 5.23. The van der Waals surface area contributed by atoms with Gasteiger partial charge < -0.3 is 20.5 Å². The summed E-state index contributed by atoms with van der Waals surface area (Å²) in [7, 11) is 0. The van der Waals surface area contributed by atoms with Crippen molar-refractivity contribution in [3.05, 3.63) is 59.1 Å². The first kappa shape index (κ1) is 23.5. The van der Waals surface area contributed by atoms with Gasteiger partial charge in [0.2, 0.25) is 0 Å². The van der Waals surface area contributed by atoms with E-state index in [0.717, 1.165) is 54.6 Å². The number of aliphatic hydroxyl groups is 1. The van der Waals surface area contributed by atoms with Crippen molar-refractivity contribution in [2.45, 2.75) is 26.0 Å². The molecule has 7 heteroatoms. The van der Waals surface area contributed by atoms with Crippen molar-refractivity contribution >= 4 is 17.6 Å². The first-order valence-electron chi connectivity index (χ1n) is 10.9. The van der Waals surface area contributed by atoms with E-state index in [1.54, 1.807) is 0 Å². The Labute approximate surface area is 190 Å². The number of guanidine groups is 1. The van der Waals surface area contributed by atoms with Crippen LogP contribution < -0.4 is 10.6 Å². The van der Waals surface area contributed by atoms with Crippen molar-refractivity contribution in [2.75, 3.05) is 45.9 Å². The third kappa shape index (κ3) is 7.51. The smallest absolute Gasteiger partial charge is 0.191 e. The van der Waals surface area contributed by atoms with Crippen molar-refractivity contribution < 1.29 is 9.84 Å². The molecule has 31 heavy (non-hydrogen) atoms. The van der Waals surface area contributed by atoms with Crippen molar-refractivity contribution in [2.24, 2.45) is 4.99 Å². The highest BCUT2D eigenvalue weighted by Crippen LogP contribution is 2.25. The van der Waals surface area contributed by atoms with Gasteiger partial charge in [0.1, 0.15) is 0 Å². The zero-order valence-corrected chi connectivity index (χ0v) is 19.2. The molecule has 0 aliphatic carbocycles. The molecule has 1 aliphatic rings. The molecule has 0 bridgehead atoms. The molecule has 1 saturated heterocycles. The molecule has 0 spiro atoms. The number of nitrogens with zero attached hydrogens (tertiary/aromatic N) is 2. The Kier molecular flexibility index (Phi) is 8.72. The number of ether oxygens (including phenoxy) is 1. The summed E-state index contributed by atoms with van der Waals surface area (Å²) in [6.45, 7) is 9.33. The number of morpholine rings is 1. The fourth-order valence-corrected chi connectivity index (χ4v) is 3.77. The summed E-state index contributed by atoms with van der Waals surface area (Å²) in [4.78, 5) is 6.99. The maximum atomic E-state index is 10.8. The van der Waals surface area contributed by atoms with Gasteiger partial charge in [0.05, 0.1) is 25.4 Å². The summed E-state index contributed by atoms with van der Waals surface area (Å²) in [5.41, 5.74) is 2.51. The van der Waals surface area contributed by atoms with Crippen LogP contribution in [-0.4, -0.2) is 67.5 Å². The number of hydrogen-bond donors (Lipinski definition) is 3. The molecule has 6 nitrogen and oxygen atoms in total. The number of rotatable bonds is 8. The zero-order chi connectivity index (χ0) is 22.1. The highest BCUT2D eigenvalue weighted by Gasteiger charge is 2.25. The highest BCUT2D eigenvalue weighted by molar-refractivity contribution is 6.30. The van der Waals surface area contributed by atoms with Gasteiger partial charge in [0.25, 0.3) is 0 Å². The lowest BCUT2D eigenvalue weighted by molar-refractivity contribution is -0.0201. The Morgan fingerprint density at radius 3 is 2.55 bits per heavy atom. The van der Waals surface area contributed by atoms with Gasteiger partial charge in [-0.05, 0) is 42.7 Å². The van der Waals surface area contributed by atoms with Crippen molar-refractivity contribution in [3.8, 4) is 11.1 Å². The van der Waals surface area contributed by atoms with Crippen LogP contribution in [0.3, 0.4) is 0 Å². The molecule has 0 saturated carbocycles. The summed E-state index contributed by atoms with van der Waals surface area (Å²) < 4.78 is 5.39. The standard InChI is InChI=1S/C24H33ClN4O2/c1-3-26-23(28-17-24(2,30)18-29-12-14-31-15-13-29)27-16-20-6-4-5-7-22(20)19-8-10-21(25)11-9-19/h4-11,30H,3,12-18H2,1-2H3,(H2,26,27,28). The summed E-state index contributed by atoms with van der Waals surface area (Å²) >= 11 is 6.04. The van der Waals surface area contributed by atoms with Crippen LogP contribution in [0.4, 0.5) is 0 Å². The summed E-state index contributed by atoms with van der Waals surface area (Å²) in [5, 5.41) is 18.1. The normalized spacial score (nSPS) is 17.2. The number of aliphatic imine (C=N–C) groups is 1. The van der Waals surface area contributed by atoms with E-state index >= 15 is 0 Å². The molecule has 3 rings (SSSR count). The van der Waals surface area contributed by atoms with E-state index in [4.69, 9.17) is 21.3 Å². The van der Waals surface area contributed by atoms with E-state index in [2.05, 4.69) is 27.7 Å². The van der Waals surface area contributed by atoms with E-state index in [9.17, 15) is 5.11 Å². The maximum absolute atomic E-state index is 10.8. The zero-order valence-electron chi connectivity index (χ0n) is 18.4. The number of nitrogens with one attached hydrogen (secondary N) is 2. The van der Waals surface area contributed by atoms with Crippen LogP contribution in [0.2, 0.25) is 5.02 Å². The molecule has 1 aliphatic heterocycles. The average Bonchev–Trinajstić information content (AvgIpc) is 2.77. The van der Waals surface area contributed by atoms with Crippen molar-refractivity contribution in [1.29, 1.82) is 0 Å². The van der Waals surface area contributed by atoms with Gasteiger partial charge in [-0.1, -0.05) is 48.0 Å². The molecule has 1 atom stereocenters. The first-order valence-corrected chi connectivity index (χ1v) is 11.2. The van der Waals surface area contributed by atoms with Gasteiger partial charge in [-0.25, -0.2) is 4.99 Å². The van der Waals surface area contributed by atoms with E-state index in [1.807, 2.05) is 50.2 Å². The lowest BCUT2D eigenvalue weighted by atomic mass is 10.00. The minimum Gasteiger partial charge on any atom is -0.387 e. The second kappa shape index (κ2) is 11.5. The second-order valence-corrected chi connectivity index (χ2v) is 8.53. The Morgan fingerprint density at radius 1 is 1.13 bits per heavy atom. The molecule has 0 amide bonds. The Bertz CT molecular complexity index is 849. The lowest BCUT2D eigenvalue weighted by Crippen LogP contribution is -2.52. The van der Waals surface area contributed by atoms with E-state index in [1.165, 1.54) is 0 Å². The largest absolute Gasteiger partial charge is 0.387 e. The molecule has 3 N–H and O–H groups in total. The molecule has 0 aromatic heterocycles. The minimum absolute atomic E-state index is 0.412. The summed E-state index contributed by atoms with van der Waals surface area (Å²) in [6.07, 6.45) is 0. The molecule has 2 aromatic rings. The van der Waals surface area contributed by atoms with Crippen LogP contribution in [0.15, 0.2) is 53.5 Å². The summed E-state index contributed by atoms with van der Waals surface area (Å²) in [5.74, 6) is 0.690. The predicted molar refractivity (Wildman–Crippen MR) is 128 cm³/mol. The SMILES string of the molecule is CCNC(=NCc1ccccc1-c1ccc(Cl)cc1)NCC(C)(O)CN1CCOCC1. The summed E-state index contributed by atoms with van der Waals surface area (Å²) in [6, 6.07) is 16.1. The van der Waals surface area contributed by atoms with Gasteiger partial charge in [-0.3, -0.25) is 4.90 Å². The van der Waals surface area contributed by atoms with Gasteiger partial charge in [-0.2, -0.15) is 0 Å². The van der Waals surface area contributed by atoms with Crippen molar-refractivity contribution in [3.63, 3.8) is 0 Å². The molecule has 0 radical (unpaired) electrons. The molecule has 2 aromatic carbocycles. The third-order valence-corrected chi connectivity index (χ3v) is 5.48. The molecule has 1 unspecified atom stereocenters. The molecule has 168 valence electrons. The molecule has 1 fully saturated rings. The van der Waals surface area contributed by atoms with Gasteiger partial charge in [0, 0.05) is 37.7 Å². The monoisotopic (exact) mass is 444 g/mol. The molecule has 1 heterocycles. The van der Waals surface area contributed by atoms with E-state index in [0.29, 0.717) is 25.6 Å². The second-order valence-electron chi connectivity index (χ2n) is 8.10. The Morgan fingerprint density at radius 2 is 1.84 bits per heavy atom. The van der Waals surface area contributed by atoms with Crippen LogP contribution >= 0.6 is 11.6 Å². The van der Waals surface area contributed by atoms with Gasteiger partial charge in [-0.15, -0.1) is 0 Å². The topological polar surface area (TPSA) is 69.1 Å². The van der Waals surface area contributed by atoms with Gasteiger partial charge in [0.15, 0.2) is 5.96 Å². The van der Waals surface area contributed by atoms with Crippen molar-refractivity contribution in [1.82, 2.24) is 15.5 Å². The quantitative estimate of drug-likeness (QED) is 0.431. The highest BCUT2D eigenvalue weighted by atomic mass is 35.5. The fraction of sp³-hybridized carbons (Fsp3) is 0.458. The predicted octanol–water partition coefficient (Wildman–Crippen LogP) is 3.15.